The molecule has 0 heterocycles. The largest absolute Gasteiger partial charge is 0.347 e. The van der Waals surface area contributed by atoms with Gasteiger partial charge in [0, 0.05) is 6.42 Å². The first-order valence-electron chi connectivity index (χ1n) is 9.74. The van der Waals surface area contributed by atoms with Crippen LogP contribution in [0.4, 0.5) is 0 Å². The minimum absolute atomic E-state index is 0.0219. The highest BCUT2D eigenvalue weighted by Gasteiger charge is 2.29. The third-order valence-corrected chi connectivity index (χ3v) is 5.26. The predicted octanol–water partition coefficient (Wildman–Crippen LogP) is 3.90. The topological polar surface area (TPSA) is 58.2 Å². The van der Waals surface area contributed by atoms with E-state index in [1.807, 2.05) is 13.0 Å². The van der Waals surface area contributed by atoms with Crippen LogP contribution in [0.3, 0.4) is 0 Å². The Morgan fingerprint density at radius 1 is 1.24 bits per heavy atom. The van der Waals surface area contributed by atoms with Crippen LogP contribution in [0.15, 0.2) is 24.3 Å². The number of carbonyl (C=O) groups is 2. The van der Waals surface area contributed by atoms with E-state index in [0.29, 0.717) is 6.42 Å². The van der Waals surface area contributed by atoms with Crippen LogP contribution in [-0.2, 0) is 16.0 Å². The number of aryl methyl sites for hydroxylation is 1. The molecule has 0 saturated heterocycles. The van der Waals surface area contributed by atoms with Gasteiger partial charge >= 0.3 is 0 Å². The summed E-state index contributed by atoms with van der Waals surface area (Å²) in [6, 6.07) is 7.94. The fraction of sp³-hybridized carbons (Fsp3) is 0.619. The summed E-state index contributed by atoms with van der Waals surface area (Å²) in [6.45, 7) is 6.14. The van der Waals surface area contributed by atoms with Gasteiger partial charge in [0.05, 0.1) is 6.04 Å². The maximum Gasteiger partial charge on any atom is 0.243 e. The molecular weight excluding hydrogens is 312 g/mol. The molecule has 2 N–H and O–H groups in total. The van der Waals surface area contributed by atoms with E-state index in [1.54, 1.807) is 0 Å². The van der Waals surface area contributed by atoms with Gasteiger partial charge in [-0.1, -0.05) is 57.9 Å². The molecule has 4 nitrogen and oxygen atoms in total. The number of hydrogen-bond acceptors (Lipinski definition) is 2. The van der Waals surface area contributed by atoms with Gasteiger partial charge in [0.2, 0.25) is 11.8 Å². The van der Waals surface area contributed by atoms with Gasteiger partial charge < -0.3 is 10.6 Å². The smallest absolute Gasteiger partial charge is 0.243 e. The van der Waals surface area contributed by atoms with E-state index >= 15 is 0 Å². The van der Waals surface area contributed by atoms with E-state index in [9.17, 15) is 9.59 Å². The molecule has 0 fully saturated rings. The minimum atomic E-state index is -0.455. The zero-order chi connectivity index (χ0) is 18.2. The number of benzene rings is 1. The van der Waals surface area contributed by atoms with Gasteiger partial charge in [-0.3, -0.25) is 9.59 Å². The van der Waals surface area contributed by atoms with Crippen LogP contribution in [0.1, 0.15) is 76.5 Å². The minimum Gasteiger partial charge on any atom is -0.347 e. The molecule has 0 spiro atoms. The fourth-order valence-electron chi connectivity index (χ4n) is 3.45. The lowest BCUT2D eigenvalue weighted by Gasteiger charge is -2.30. The lowest BCUT2D eigenvalue weighted by atomic mass is 9.87. The first-order chi connectivity index (χ1) is 12.1. The molecule has 0 saturated carbocycles. The molecule has 4 heteroatoms. The molecular formula is C21H32N2O2. The summed E-state index contributed by atoms with van der Waals surface area (Å²) in [4.78, 5) is 25.0. The van der Waals surface area contributed by atoms with Crippen molar-refractivity contribution in [2.24, 2.45) is 5.92 Å². The zero-order valence-electron chi connectivity index (χ0n) is 15.8. The van der Waals surface area contributed by atoms with Gasteiger partial charge in [0.15, 0.2) is 0 Å². The third kappa shape index (κ3) is 5.32. The third-order valence-electron chi connectivity index (χ3n) is 5.26. The lowest BCUT2D eigenvalue weighted by Crippen LogP contribution is -2.51. The number of carbonyl (C=O) groups excluding carboxylic acids is 2. The summed E-state index contributed by atoms with van der Waals surface area (Å²) < 4.78 is 0. The molecule has 138 valence electrons. The van der Waals surface area contributed by atoms with Crippen LogP contribution in [0.5, 0.6) is 0 Å². The molecule has 1 aromatic carbocycles. The van der Waals surface area contributed by atoms with Gasteiger partial charge in [-0.15, -0.1) is 0 Å². The Kier molecular flexibility index (Phi) is 7.48. The summed E-state index contributed by atoms with van der Waals surface area (Å²) in [5.74, 6) is 0.0386. The normalized spacial score (nSPS) is 18.8. The Labute approximate surface area is 151 Å². The van der Waals surface area contributed by atoms with E-state index in [4.69, 9.17) is 0 Å². The molecule has 1 aliphatic rings. The van der Waals surface area contributed by atoms with Crippen LogP contribution in [0.2, 0.25) is 0 Å². The number of amides is 2. The zero-order valence-corrected chi connectivity index (χ0v) is 15.8. The van der Waals surface area contributed by atoms with Crippen molar-refractivity contribution >= 4 is 11.8 Å². The van der Waals surface area contributed by atoms with Crippen molar-refractivity contribution in [3.8, 4) is 0 Å². The number of nitrogens with one attached hydrogen (secondary N) is 2. The highest BCUT2D eigenvalue weighted by molar-refractivity contribution is 5.88. The number of rotatable bonds is 8. The lowest BCUT2D eigenvalue weighted by molar-refractivity contribution is -0.130. The molecule has 0 aliphatic heterocycles. The molecule has 3 atom stereocenters. The Morgan fingerprint density at radius 2 is 2.00 bits per heavy atom. The highest BCUT2D eigenvalue weighted by Crippen LogP contribution is 2.29. The van der Waals surface area contributed by atoms with Crippen molar-refractivity contribution in [3.05, 3.63) is 35.4 Å². The first-order valence-corrected chi connectivity index (χ1v) is 9.74. The van der Waals surface area contributed by atoms with Crippen LogP contribution in [-0.4, -0.2) is 17.9 Å². The van der Waals surface area contributed by atoms with Gasteiger partial charge in [-0.25, -0.2) is 0 Å². The van der Waals surface area contributed by atoms with Gasteiger partial charge in [0.25, 0.3) is 0 Å². The van der Waals surface area contributed by atoms with Crippen LogP contribution < -0.4 is 10.6 Å². The van der Waals surface area contributed by atoms with Crippen LogP contribution in [0, 0.1) is 5.92 Å². The second-order valence-corrected chi connectivity index (χ2v) is 7.19. The molecule has 0 radical (unpaired) electrons. The Morgan fingerprint density at radius 3 is 2.72 bits per heavy atom. The number of hydrogen-bond donors (Lipinski definition) is 2. The van der Waals surface area contributed by atoms with E-state index < -0.39 is 6.04 Å². The molecule has 1 aliphatic carbocycles. The molecule has 25 heavy (non-hydrogen) atoms. The van der Waals surface area contributed by atoms with Crippen molar-refractivity contribution in [3.63, 3.8) is 0 Å². The van der Waals surface area contributed by atoms with Crippen molar-refractivity contribution in [1.82, 2.24) is 10.6 Å². The van der Waals surface area contributed by atoms with Crippen molar-refractivity contribution in [2.75, 3.05) is 0 Å². The molecule has 0 bridgehead atoms. The molecule has 1 aromatic rings. The van der Waals surface area contributed by atoms with Crippen LogP contribution in [0.25, 0.3) is 0 Å². The molecule has 2 amide bonds. The fourth-order valence-corrected chi connectivity index (χ4v) is 3.45. The average molecular weight is 344 g/mol. The Bertz CT molecular complexity index is 585. The number of fused-ring (bicyclic) bond motifs is 1. The predicted molar refractivity (Wildman–Crippen MR) is 101 cm³/mol. The maximum absolute atomic E-state index is 12.9. The summed E-state index contributed by atoms with van der Waals surface area (Å²) in [7, 11) is 0. The van der Waals surface area contributed by atoms with Crippen LogP contribution >= 0.6 is 0 Å². The first kappa shape index (κ1) is 19.5. The van der Waals surface area contributed by atoms with Crippen molar-refractivity contribution < 1.29 is 9.59 Å². The molecule has 3 unspecified atom stereocenters. The summed E-state index contributed by atoms with van der Waals surface area (Å²) in [5.41, 5.74) is 2.55. The Balaban J connectivity index is 2.06. The van der Waals surface area contributed by atoms with Gasteiger partial charge in [-0.05, 0) is 42.7 Å². The average Bonchev–Trinajstić information content (AvgIpc) is 2.64. The maximum atomic E-state index is 12.9. The van der Waals surface area contributed by atoms with E-state index in [0.717, 1.165) is 38.5 Å². The summed E-state index contributed by atoms with van der Waals surface area (Å²) in [5, 5.41) is 6.16. The standard InChI is InChI=1S/C21H32N2O2/c1-4-6-14-19(24)23-20(15(3)5-2)21(25)22-18-13-9-11-16-10-7-8-12-17(16)18/h7-8,10,12,15,18,20H,4-6,9,11,13-14H2,1-3H3,(H,22,25)(H,23,24). The molecule has 0 aromatic heterocycles. The number of unbranched alkanes of at least 4 members (excludes halogenated alkanes) is 1. The molecule has 2 rings (SSSR count). The van der Waals surface area contributed by atoms with E-state index in [-0.39, 0.29) is 23.8 Å². The van der Waals surface area contributed by atoms with E-state index in [1.165, 1.54) is 11.1 Å². The SMILES string of the molecule is CCCCC(=O)NC(C(=O)NC1CCCc2ccccc21)C(C)CC. The Hall–Kier alpha value is -1.84. The summed E-state index contributed by atoms with van der Waals surface area (Å²) in [6.07, 6.45) is 6.29. The second-order valence-electron chi connectivity index (χ2n) is 7.19. The quantitative estimate of drug-likeness (QED) is 0.751. The second kappa shape index (κ2) is 9.59. The van der Waals surface area contributed by atoms with Gasteiger partial charge in [-0.2, -0.15) is 0 Å². The monoisotopic (exact) mass is 344 g/mol. The van der Waals surface area contributed by atoms with Crippen molar-refractivity contribution in [2.45, 2.75) is 77.8 Å². The van der Waals surface area contributed by atoms with Crippen molar-refractivity contribution in [1.29, 1.82) is 0 Å². The van der Waals surface area contributed by atoms with Gasteiger partial charge in [0.1, 0.15) is 6.04 Å². The summed E-state index contributed by atoms with van der Waals surface area (Å²) >= 11 is 0. The highest BCUT2D eigenvalue weighted by atomic mass is 16.2. The van der Waals surface area contributed by atoms with E-state index in [2.05, 4.69) is 42.7 Å².